The number of rotatable bonds is 1. The normalized spacial score (nSPS) is 15.9. The average molecular weight is 207 g/mol. The molecule has 0 bridgehead atoms. The van der Waals surface area contributed by atoms with Crippen LogP contribution in [0, 0.1) is 0 Å². The number of thioether (sulfide) groups is 1. The van der Waals surface area contributed by atoms with Crippen molar-refractivity contribution in [3.63, 3.8) is 0 Å². The summed E-state index contributed by atoms with van der Waals surface area (Å²) in [5.41, 5.74) is 1.26. The Kier molecular flexibility index (Phi) is 2.50. The van der Waals surface area contributed by atoms with Crippen molar-refractivity contribution in [2.45, 2.75) is 31.3 Å². The third-order valence-corrected chi connectivity index (χ3v) is 3.40. The van der Waals surface area contributed by atoms with Crippen LogP contribution in [-0.2, 0) is 6.54 Å². The van der Waals surface area contributed by atoms with E-state index in [-0.39, 0.29) is 11.3 Å². The second-order valence-corrected chi connectivity index (χ2v) is 4.69. The molecule has 1 aliphatic heterocycles. The summed E-state index contributed by atoms with van der Waals surface area (Å²) >= 11 is 1.34. The lowest BCUT2D eigenvalue weighted by molar-refractivity contribution is 0.203. The standard InChI is InChI=1S/C11H13NOS/c1-8(2)12-7-9-5-3-4-6-10(9)14-11(12)13/h3-6,8H,7H2,1-2H3. The van der Waals surface area contributed by atoms with Gasteiger partial charge in [-0.15, -0.1) is 0 Å². The van der Waals surface area contributed by atoms with Gasteiger partial charge in [0.25, 0.3) is 5.24 Å². The minimum absolute atomic E-state index is 0.165. The van der Waals surface area contributed by atoms with E-state index < -0.39 is 0 Å². The Morgan fingerprint density at radius 3 is 2.79 bits per heavy atom. The molecule has 1 heterocycles. The number of carbonyl (C=O) groups excluding carboxylic acids is 1. The molecule has 1 aromatic rings. The molecule has 0 saturated carbocycles. The van der Waals surface area contributed by atoms with Crippen molar-refractivity contribution in [2.24, 2.45) is 0 Å². The maximum atomic E-state index is 11.7. The first-order valence-electron chi connectivity index (χ1n) is 4.75. The first-order valence-corrected chi connectivity index (χ1v) is 5.56. The summed E-state index contributed by atoms with van der Waals surface area (Å²) in [5.74, 6) is 0. The van der Waals surface area contributed by atoms with Crippen LogP contribution in [0.5, 0.6) is 0 Å². The summed E-state index contributed by atoms with van der Waals surface area (Å²) in [6.45, 7) is 4.85. The zero-order valence-corrected chi connectivity index (χ0v) is 9.17. The molecular formula is C11H13NOS. The molecule has 0 aromatic heterocycles. The second kappa shape index (κ2) is 3.65. The highest BCUT2D eigenvalue weighted by atomic mass is 32.2. The number of benzene rings is 1. The van der Waals surface area contributed by atoms with Crippen molar-refractivity contribution in [3.8, 4) is 0 Å². The van der Waals surface area contributed by atoms with E-state index in [2.05, 4.69) is 6.07 Å². The van der Waals surface area contributed by atoms with Gasteiger partial charge in [-0.3, -0.25) is 4.79 Å². The van der Waals surface area contributed by atoms with Gasteiger partial charge in [0, 0.05) is 17.5 Å². The molecule has 2 nitrogen and oxygen atoms in total. The first-order chi connectivity index (χ1) is 6.68. The third kappa shape index (κ3) is 1.64. The lowest BCUT2D eigenvalue weighted by Crippen LogP contribution is -2.36. The molecular weight excluding hydrogens is 194 g/mol. The second-order valence-electron chi connectivity index (χ2n) is 3.70. The maximum absolute atomic E-state index is 11.7. The van der Waals surface area contributed by atoms with Crippen molar-refractivity contribution in [3.05, 3.63) is 29.8 Å². The number of nitrogens with zero attached hydrogens (tertiary/aromatic N) is 1. The van der Waals surface area contributed by atoms with E-state index in [1.165, 1.54) is 17.3 Å². The predicted octanol–water partition coefficient (Wildman–Crippen LogP) is 3.12. The number of fused-ring (bicyclic) bond motifs is 1. The van der Waals surface area contributed by atoms with Gasteiger partial charge in [0.2, 0.25) is 0 Å². The monoisotopic (exact) mass is 207 g/mol. The average Bonchev–Trinajstić information content (AvgIpc) is 2.16. The van der Waals surface area contributed by atoms with Gasteiger partial charge in [-0.1, -0.05) is 18.2 Å². The Morgan fingerprint density at radius 1 is 1.36 bits per heavy atom. The van der Waals surface area contributed by atoms with Crippen molar-refractivity contribution in [1.29, 1.82) is 0 Å². The number of carbonyl (C=O) groups is 1. The molecule has 0 N–H and O–H groups in total. The van der Waals surface area contributed by atoms with Gasteiger partial charge < -0.3 is 4.90 Å². The molecule has 1 aromatic carbocycles. The Bertz CT molecular complexity index is 362. The maximum Gasteiger partial charge on any atom is 0.286 e. The highest BCUT2D eigenvalue weighted by molar-refractivity contribution is 8.13. The van der Waals surface area contributed by atoms with Crippen LogP contribution in [0.3, 0.4) is 0 Å². The number of hydrogen-bond donors (Lipinski definition) is 0. The smallest absolute Gasteiger partial charge is 0.286 e. The Balaban J connectivity index is 2.31. The fourth-order valence-electron chi connectivity index (χ4n) is 1.53. The highest BCUT2D eigenvalue weighted by Crippen LogP contribution is 2.32. The van der Waals surface area contributed by atoms with E-state index in [1.807, 2.05) is 36.9 Å². The molecule has 0 spiro atoms. The SMILES string of the molecule is CC(C)N1Cc2ccccc2SC1=O. The van der Waals surface area contributed by atoms with Gasteiger partial charge in [-0.05, 0) is 37.2 Å². The van der Waals surface area contributed by atoms with E-state index in [4.69, 9.17) is 0 Å². The van der Waals surface area contributed by atoms with E-state index in [1.54, 1.807) is 0 Å². The fourth-order valence-corrected chi connectivity index (χ4v) is 2.52. The molecule has 0 fully saturated rings. The van der Waals surface area contributed by atoms with Crippen LogP contribution in [0.1, 0.15) is 19.4 Å². The minimum Gasteiger partial charge on any atom is -0.327 e. The number of amides is 1. The lowest BCUT2D eigenvalue weighted by Gasteiger charge is -2.30. The molecule has 0 radical (unpaired) electrons. The molecule has 0 saturated heterocycles. The highest BCUT2D eigenvalue weighted by Gasteiger charge is 2.24. The van der Waals surface area contributed by atoms with Crippen molar-refractivity contribution >= 4 is 17.0 Å². The van der Waals surface area contributed by atoms with Crippen LogP contribution in [0.15, 0.2) is 29.2 Å². The van der Waals surface area contributed by atoms with Crippen molar-refractivity contribution < 1.29 is 4.79 Å². The topological polar surface area (TPSA) is 20.3 Å². The van der Waals surface area contributed by atoms with E-state index in [0.29, 0.717) is 0 Å². The summed E-state index contributed by atoms with van der Waals surface area (Å²) in [5, 5.41) is 0.165. The zero-order chi connectivity index (χ0) is 10.1. The number of hydrogen-bond acceptors (Lipinski definition) is 2. The Labute approximate surface area is 88.3 Å². The van der Waals surface area contributed by atoms with Crippen LogP contribution >= 0.6 is 11.8 Å². The molecule has 1 aliphatic rings. The zero-order valence-electron chi connectivity index (χ0n) is 8.36. The van der Waals surface area contributed by atoms with E-state index >= 15 is 0 Å². The van der Waals surface area contributed by atoms with Gasteiger partial charge in [0.05, 0.1) is 0 Å². The van der Waals surface area contributed by atoms with Gasteiger partial charge in [0.1, 0.15) is 0 Å². The first kappa shape index (κ1) is 9.59. The van der Waals surface area contributed by atoms with Crippen LogP contribution in [-0.4, -0.2) is 16.2 Å². The molecule has 1 amide bonds. The van der Waals surface area contributed by atoms with E-state index in [9.17, 15) is 4.79 Å². The molecule has 14 heavy (non-hydrogen) atoms. The van der Waals surface area contributed by atoms with Crippen LogP contribution < -0.4 is 0 Å². The third-order valence-electron chi connectivity index (χ3n) is 2.37. The Hall–Kier alpha value is -0.960. The van der Waals surface area contributed by atoms with E-state index in [0.717, 1.165) is 11.4 Å². The summed E-state index contributed by atoms with van der Waals surface area (Å²) in [4.78, 5) is 14.7. The lowest BCUT2D eigenvalue weighted by atomic mass is 10.2. The summed E-state index contributed by atoms with van der Waals surface area (Å²) in [6, 6.07) is 8.38. The predicted molar refractivity (Wildman–Crippen MR) is 58.4 cm³/mol. The van der Waals surface area contributed by atoms with Crippen LogP contribution in [0.4, 0.5) is 4.79 Å². The van der Waals surface area contributed by atoms with Gasteiger partial charge >= 0.3 is 0 Å². The summed E-state index contributed by atoms with van der Waals surface area (Å²) < 4.78 is 0. The Morgan fingerprint density at radius 2 is 2.07 bits per heavy atom. The summed E-state index contributed by atoms with van der Waals surface area (Å²) in [7, 11) is 0. The molecule has 0 aliphatic carbocycles. The van der Waals surface area contributed by atoms with Gasteiger partial charge in [-0.25, -0.2) is 0 Å². The molecule has 0 unspecified atom stereocenters. The minimum atomic E-state index is 0.165. The van der Waals surface area contributed by atoms with Gasteiger partial charge in [0.15, 0.2) is 0 Å². The molecule has 2 rings (SSSR count). The summed E-state index contributed by atoms with van der Waals surface area (Å²) in [6.07, 6.45) is 0. The quantitative estimate of drug-likeness (QED) is 0.705. The molecule has 0 atom stereocenters. The van der Waals surface area contributed by atoms with Crippen LogP contribution in [0.25, 0.3) is 0 Å². The van der Waals surface area contributed by atoms with Crippen molar-refractivity contribution in [1.82, 2.24) is 4.90 Å². The molecule has 74 valence electrons. The van der Waals surface area contributed by atoms with Crippen LogP contribution in [0.2, 0.25) is 0 Å². The molecule has 3 heteroatoms. The van der Waals surface area contributed by atoms with Crippen molar-refractivity contribution in [2.75, 3.05) is 0 Å². The largest absolute Gasteiger partial charge is 0.327 e. The van der Waals surface area contributed by atoms with Gasteiger partial charge in [-0.2, -0.15) is 0 Å². The fraction of sp³-hybridized carbons (Fsp3) is 0.364.